The van der Waals surface area contributed by atoms with Crippen molar-refractivity contribution < 1.29 is 9.52 Å². The fourth-order valence-corrected chi connectivity index (χ4v) is 1.99. The van der Waals surface area contributed by atoms with E-state index in [1.54, 1.807) is 6.26 Å². The average molecular weight is 195 g/mol. The molecule has 3 heteroatoms. The molecule has 1 saturated carbocycles. The lowest BCUT2D eigenvalue weighted by molar-refractivity contribution is 0.0893. The van der Waals surface area contributed by atoms with E-state index in [1.807, 2.05) is 12.1 Å². The highest BCUT2D eigenvalue weighted by Gasteiger charge is 2.22. The van der Waals surface area contributed by atoms with Crippen LogP contribution in [0.3, 0.4) is 0 Å². The summed E-state index contributed by atoms with van der Waals surface area (Å²) in [6.45, 7) is 0.717. The van der Waals surface area contributed by atoms with E-state index in [2.05, 4.69) is 5.32 Å². The van der Waals surface area contributed by atoms with Gasteiger partial charge >= 0.3 is 0 Å². The average Bonchev–Trinajstić information content (AvgIpc) is 2.69. The molecule has 14 heavy (non-hydrogen) atoms. The first-order chi connectivity index (χ1) is 6.86. The van der Waals surface area contributed by atoms with Crippen LogP contribution < -0.4 is 5.32 Å². The second kappa shape index (κ2) is 4.62. The lowest BCUT2D eigenvalue weighted by Crippen LogP contribution is -2.41. The molecule has 3 nitrogen and oxygen atoms in total. The van der Waals surface area contributed by atoms with E-state index >= 15 is 0 Å². The SMILES string of the molecule is O[C@@H]1CCCC[C@@H]1NCc1ccco1. The van der Waals surface area contributed by atoms with Crippen LogP contribution in [-0.4, -0.2) is 17.3 Å². The largest absolute Gasteiger partial charge is 0.468 e. The van der Waals surface area contributed by atoms with Crippen molar-refractivity contribution in [2.75, 3.05) is 0 Å². The Morgan fingerprint density at radius 1 is 1.43 bits per heavy atom. The molecule has 1 aliphatic carbocycles. The van der Waals surface area contributed by atoms with Gasteiger partial charge in [0.2, 0.25) is 0 Å². The Hall–Kier alpha value is -0.800. The minimum absolute atomic E-state index is 0.182. The van der Waals surface area contributed by atoms with Gasteiger partial charge in [-0.1, -0.05) is 12.8 Å². The molecular formula is C11H17NO2. The van der Waals surface area contributed by atoms with Gasteiger partial charge in [-0.2, -0.15) is 0 Å². The van der Waals surface area contributed by atoms with Gasteiger partial charge in [0, 0.05) is 6.04 Å². The lowest BCUT2D eigenvalue weighted by Gasteiger charge is -2.28. The van der Waals surface area contributed by atoms with Crippen molar-refractivity contribution in [1.29, 1.82) is 0 Å². The molecule has 1 aromatic heterocycles. The molecule has 0 amide bonds. The van der Waals surface area contributed by atoms with Gasteiger partial charge in [0.15, 0.2) is 0 Å². The Balaban J connectivity index is 1.79. The van der Waals surface area contributed by atoms with Gasteiger partial charge in [0.05, 0.1) is 18.9 Å². The normalized spacial score (nSPS) is 27.8. The Morgan fingerprint density at radius 2 is 2.29 bits per heavy atom. The minimum atomic E-state index is -0.182. The van der Waals surface area contributed by atoms with Crippen LogP contribution in [0.5, 0.6) is 0 Å². The maximum atomic E-state index is 9.70. The molecule has 0 aromatic carbocycles. The van der Waals surface area contributed by atoms with Gasteiger partial charge in [-0.3, -0.25) is 0 Å². The van der Waals surface area contributed by atoms with Gasteiger partial charge in [-0.15, -0.1) is 0 Å². The van der Waals surface area contributed by atoms with E-state index in [9.17, 15) is 5.11 Å². The number of aliphatic hydroxyl groups excluding tert-OH is 1. The van der Waals surface area contributed by atoms with Gasteiger partial charge in [-0.25, -0.2) is 0 Å². The van der Waals surface area contributed by atoms with Crippen LogP contribution in [0.4, 0.5) is 0 Å². The number of rotatable bonds is 3. The maximum absolute atomic E-state index is 9.70. The zero-order valence-corrected chi connectivity index (χ0v) is 8.28. The molecule has 2 N–H and O–H groups in total. The van der Waals surface area contributed by atoms with Crippen molar-refractivity contribution >= 4 is 0 Å². The van der Waals surface area contributed by atoms with Crippen LogP contribution in [0.15, 0.2) is 22.8 Å². The molecule has 1 aromatic rings. The predicted octanol–water partition coefficient (Wildman–Crippen LogP) is 1.67. The van der Waals surface area contributed by atoms with E-state index in [0.29, 0.717) is 6.54 Å². The maximum Gasteiger partial charge on any atom is 0.117 e. The van der Waals surface area contributed by atoms with Crippen molar-refractivity contribution in [1.82, 2.24) is 5.32 Å². The summed E-state index contributed by atoms with van der Waals surface area (Å²) in [6, 6.07) is 4.07. The summed E-state index contributed by atoms with van der Waals surface area (Å²) in [6.07, 6.45) is 5.86. The first-order valence-corrected chi connectivity index (χ1v) is 5.30. The molecule has 78 valence electrons. The van der Waals surface area contributed by atoms with Gasteiger partial charge < -0.3 is 14.8 Å². The fourth-order valence-electron chi connectivity index (χ4n) is 1.99. The molecule has 0 bridgehead atoms. The summed E-state index contributed by atoms with van der Waals surface area (Å²) >= 11 is 0. The van der Waals surface area contributed by atoms with Crippen molar-refractivity contribution in [2.45, 2.75) is 44.4 Å². The fraction of sp³-hybridized carbons (Fsp3) is 0.636. The smallest absolute Gasteiger partial charge is 0.117 e. The van der Waals surface area contributed by atoms with Crippen LogP contribution in [0, 0.1) is 0 Å². The third kappa shape index (κ3) is 2.36. The highest BCUT2D eigenvalue weighted by molar-refractivity contribution is 4.98. The zero-order chi connectivity index (χ0) is 9.80. The number of furan rings is 1. The van der Waals surface area contributed by atoms with E-state index in [-0.39, 0.29) is 12.1 Å². The number of aliphatic hydroxyl groups is 1. The lowest BCUT2D eigenvalue weighted by atomic mass is 9.92. The van der Waals surface area contributed by atoms with Crippen molar-refractivity contribution in [3.8, 4) is 0 Å². The monoisotopic (exact) mass is 195 g/mol. The molecule has 1 heterocycles. The van der Waals surface area contributed by atoms with Crippen molar-refractivity contribution in [3.63, 3.8) is 0 Å². The summed E-state index contributed by atoms with van der Waals surface area (Å²) in [7, 11) is 0. The summed E-state index contributed by atoms with van der Waals surface area (Å²) in [5, 5.41) is 13.0. The van der Waals surface area contributed by atoms with Gasteiger partial charge in [0.1, 0.15) is 5.76 Å². The van der Waals surface area contributed by atoms with E-state index in [0.717, 1.165) is 25.0 Å². The summed E-state index contributed by atoms with van der Waals surface area (Å²) in [5.74, 6) is 0.933. The minimum Gasteiger partial charge on any atom is -0.468 e. The first kappa shape index (κ1) is 9.74. The number of hydrogen-bond acceptors (Lipinski definition) is 3. The van der Waals surface area contributed by atoms with Gasteiger partial charge in [0.25, 0.3) is 0 Å². The molecule has 0 saturated heterocycles. The van der Waals surface area contributed by atoms with E-state index < -0.39 is 0 Å². The highest BCUT2D eigenvalue weighted by atomic mass is 16.3. The van der Waals surface area contributed by atoms with E-state index in [1.165, 1.54) is 6.42 Å². The summed E-state index contributed by atoms with van der Waals surface area (Å²) in [4.78, 5) is 0. The second-order valence-electron chi connectivity index (χ2n) is 3.92. The molecule has 0 spiro atoms. The summed E-state index contributed by atoms with van der Waals surface area (Å²) in [5.41, 5.74) is 0. The molecule has 2 atom stereocenters. The topological polar surface area (TPSA) is 45.4 Å². The highest BCUT2D eigenvalue weighted by Crippen LogP contribution is 2.18. The standard InChI is InChI=1S/C11H17NO2/c13-11-6-2-1-5-10(11)12-8-9-4-3-7-14-9/h3-4,7,10-13H,1-2,5-6,8H2/t10-,11+/m0/s1. The van der Waals surface area contributed by atoms with Crippen molar-refractivity contribution in [2.24, 2.45) is 0 Å². The van der Waals surface area contributed by atoms with Crippen LogP contribution in [0.2, 0.25) is 0 Å². The molecule has 0 unspecified atom stereocenters. The Bertz CT molecular complexity index is 258. The Labute approximate surface area is 84.1 Å². The van der Waals surface area contributed by atoms with Crippen molar-refractivity contribution in [3.05, 3.63) is 24.2 Å². The quantitative estimate of drug-likeness (QED) is 0.771. The van der Waals surface area contributed by atoms with E-state index in [4.69, 9.17) is 4.42 Å². The Morgan fingerprint density at radius 3 is 3.00 bits per heavy atom. The Kier molecular flexibility index (Phi) is 3.22. The van der Waals surface area contributed by atoms with Gasteiger partial charge in [-0.05, 0) is 25.0 Å². The van der Waals surface area contributed by atoms with Crippen LogP contribution >= 0.6 is 0 Å². The van der Waals surface area contributed by atoms with Crippen LogP contribution in [0.1, 0.15) is 31.4 Å². The second-order valence-corrected chi connectivity index (χ2v) is 3.92. The number of hydrogen-bond donors (Lipinski definition) is 2. The van der Waals surface area contributed by atoms with Crippen LogP contribution in [-0.2, 0) is 6.54 Å². The van der Waals surface area contributed by atoms with Crippen LogP contribution in [0.25, 0.3) is 0 Å². The molecule has 2 rings (SSSR count). The molecule has 1 aliphatic rings. The first-order valence-electron chi connectivity index (χ1n) is 5.30. The summed E-state index contributed by atoms with van der Waals surface area (Å²) < 4.78 is 5.22. The number of nitrogens with one attached hydrogen (secondary N) is 1. The molecule has 1 fully saturated rings. The third-order valence-electron chi connectivity index (χ3n) is 2.85. The molecular weight excluding hydrogens is 178 g/mol. The third-order valence-corrected chi connectivity index (χ3v) is 2.85. The predicted molar refractivity (Wildman–Crippen MR) is 53.8 cm³/mol. The molecule has 0 aliphatic heterocycles. The zero-order valence-electron chi connectivity index (χ0n) is 8.28. The molecule has 0 radical (unpaired) electrons.